The van der Waals surface area contributed by atoms with Crippen molar-refractivity contribution in [2.45, 2.75) is 6.18 Å². The van der Waals surface area contributed by atoms with E-state index in [4.69, 9.17) is 0 Å². The molecule has 3 aromatic rings. The maximum absolute atomic E-state index is 13.0. The molecule has 0 bridgehead atoms. The van der Waals surface area contributed by atoms with Gasteiger partial charge >= 0.3 is 11.9 Å². The largest absolute Gasteiger partial charge is 0.506 e. The summed E-state index contributed by atoms with van der Waals surface area (Å²) < 4.78 is 39.9. The summed E-state index contributed by atoms with van der Waals surface area (Å²) in [6.07, 6.45) is -4.58. The first-order chi connectivity index (χ1) is 9.89. The van der Waals surface area contributed by atoms with E-state index in [9.17, 15) is 23.1 Å². The van der Waals surface area contributed by atoms with Gasteiger partial charge in [-0.3, -0.25) is 4.57 Å². The van der Waals surface area contributed by atoms with Gasteiger partial charge in [-0.2, -0.15) is 13.2 Å². The lowest BCUT2D eigenvalue weighted by Gasteiger charge is -2.09. The summed E-state index contributed by atoms with van der Waals surface area (Å²) in [5.74, 6) is -0.196. The van der Waals surface area contributed by atoms with E-state index in [0.29, 0.717) is 0 Å². The minimum absolute atomic E-state index is 0.0522. The number of aromatic nitrogens is 2. The molecule has 2 N–H and O–H groups in total. The molecule has 1 aromatic heterocycles. The van der Waals surface area contributed by atoms with Crippen molar-refractivity contribution in [1.82, 2.24) is 9.55 Å². The Labute approximate surface area is 116 Å². The molecule has 0 aliphatic carbocycles. The molecule has 0 radical (unpaired) electrons. The second kappa shape index (κ2) is 4.41. The summed E-state index contributed by atoms with van der Waals surface area (Å²) in [6.45, 7) is 0. The number of halogens is 3. The summed E-state index contributed by atoms with van der Waals surface area (Å²) in [6, 6.07) is 9.43. The van der Waals surface area contributed by atoms with E-state index >= 15 is 0 Å². The van der Waals surface area contributed by atoms with Crippen molar-refractivity contribution >= 4 is 11.0 Å². The van der Waals surface area contributed by atoms with Gasteiger partial charge in [0.2, 0.25) is 0 Å². The van der Waals surface area contributed by atoms with Crippen molar-refractivity contribution in [1.29, 1.82) is 0 Å². The maximum Gasteiger partial charge on any atom is 0.418 e. The van der Waals surface area contributed by atoms with E-state index in [1.165, 1.54) is 24.3 Å². The zero-order valence-corrected chi connectivity index (χ0v) is 10.5. The number of benzene rings is 2. The summed E-state index contributed by atoms with van der Waals surface area (Å²) in [7, 11) is 0. The molecule has 4 nitrogen and oxygen atoms in total. The molecule has 0 aliphatic heterocycles. The van der Waals surface area contributed by atoms with Gasteiger partial charge in [0.1, 0.15) is 5.75 Å². The fraction of sp³-hybridized carbons (Fsp3) is 0.0714. The van der Waals surface area contributed by atoms with Crippen LogP contribution in [-0.2, 0) is 6.18 Å². The van der Waals surface area contributed by atoms with Crippen LogP contribution >= 0.6 is 0 Å². The van der Waals surface area contributed by atoms with E-state index in [1.807, 2.05) is 0 Å². The summed E-state index contributed by atoms with van der Waals surface area (Å²) in [5.41, 5.74) is -1.81. The third kappa shape index (κ3) is 2.06. The quantitative estimate of drug-likeness (QED) is 0.724. The van der Waals surface area contributed by atoms with Crippen LogP contribution in [0.15, 0.2) is 47.3 Å². The lowest BCUT2D eigenvalue weighted by atomic mass is 10.1. The Balaban J connectivity index is 2.40. The number of aromatic hydroxyl groups is 1. The van der Waals surface area contributed by atoms with Crippen LogP contribution in [0, 0.1) is 0 Å². The molecule has 0 unspecified atom stereocenters. The first-order valence-electron chi connectivity index (χ1n) is 5.99. The molecule has 108 valence electrons. The van der Waals surface area contributed by atoms with Crippen molar-refractivity contribution in [3.8, 4) is 11.4 Å². The van der Waals surface area contributed by atoms with Crippen LogP contribution in [0.4, 0.5) is 13.2 Å². The van der Waals surface area contributed by atoms with Gasteiger partial charge in [0.25, 0.3) is 0 Å². The number of aromatic amines is 1. The number of alkyl halides is 3. The summed E-state index contributed by atoms with van der Waals surface area (Å²) >= 11 is 0. The number of imidazole rings is 1. The van der Waals surface area contributed by atoms with Gasteiger partial charge in [-0.1, -0.05) is 18.2 Å². The number of fused-ring (bicyclic) bond motifs is 1. The molecule has 0 saturated heterocycles. The average molecular weight is 294 g/mol. The molecule has 2 aromatic carbocycles. The smallest absolute Gasteiger partial charge is 0.418 e. The van der Waals surface area contributed by atoms with Gasteiger partial charge in [0.15, 0.2) is 0 Å². The van der Waals surface area contributed by atoms with Gasteiger partial charge in [-0.05, 0) is 24.3 Å². The predicted molar refractivity (Wildman–Crippen MR) is 70.6 cm³/mol. The summed E-state index contributed by atoms with van der Waals surface area (Å²) in [5, 5.41) is 9.80. The number of rotatable bonds is 1. The topological polar surface area (TPSA) is 58.0 Å². The molecule has 21 heavy (non-hydrogen) atoms. The highest BCUT2D eigenvalue weighted by Crippen LogP contribution is 2.34. The highest BCUT2D eigenvalue weighted by molar-refractivity contribution is 5.81. The summed E-state index contributed by atoms with van der Waals surface area (Å²) in [4.78, 5) is 14.2. The van der Waals surface area contributed by atoms with Gasteiger partial charge in [-0.15, -0.1) is 0 Å². The first-order valence-corrected chi connectivity index (χ1v) is 5.99. The van der Waals surface area contributed by atoms with Crippen LogP contribution in [0.5, 0.6) is 5.75 Å². The number of para-hydroxylation sites is 3. The zero-order valence-electron chi connectivity index (χ0n) is 10.5. The van der Waals surface area contributed by atoms with E-state index in [1.54, 1.807) is 12.1 Å². The Kier molecular flexibility index (Phi) is 2.79. The standard InChI is InChI=1S/C14H9F3N2O2/c15-14(16,17)8-4-3-6-10-12(8)18-13(21)19(10)9-5-1-2-7-11(9)20/h1-7,20H,(H,18,21). The van der Waals surface area contributed by atoms with E-state index < -0.39 is 17.4 Å². The lowest BCUT2D eigenvalue weighted by Crippen LogP contribution is -2.14. The molecule has 7 heteroatoms. The molecule has 0 saturated carbocycles. The number of H-pyrrole nitrogens is 1. The van der Waals surface area contributed by atoms with E-state index in [0.717, 1.165) is 10.6 Å². The SMILES string of the molecule is O=c1[nH]c2c(C(F)(F)F)cccc2n1-c1ccccc1O. The van der Waals surface area contributed by atoms with Crippen LogP contribution in [0.1, 0.15) is 5.56 Å². The highest BCUT2D eigenvalue weighted by atomic mass is 19.4. The van der Waals surface area contributed by atoms with E-state index in [-0.39, 0.29) is 22.5 Å². The van der Waals surface area contributed by atoms with Crippen LogP contribution in [0.25, 0.3) is 16.7 Å². The van der Waals surface area contributed by atoms with Crippen LogP contribution in [0.3, 0.4) is 0 Å². The average Bonchev–Trinajstić information content (AvgIpc) is 2.74. The second-order valence-corrected chi connectivity index (χ2v) is 4.45. The Morgan fingerprint density at radius 3 is 2.43 bits per heavy atom. The van der Waals surface area contributed by atoms with Gasteiger partial charge in [0.05, 0.1) is 22.3 Å². The molecule has 0 atom stereocenters. The number of nitrogens with zero attached hydrogens (tertiary/aromatic N) is 1. The van der Waals surface area contributed by atoms with Crippen molar-refractivity contribution in [2.24, 2.45) is 0 Å². The van der Waals surface area contributed by atoms with Crippen LogP contribution < -0.4 is 5.69 Å². The van der Waals surface area contributed by atoms with Crippen LogP contribution in [0.2, 0.25) is 0 Å². The Hall–Kier alpha value is -2.70. The fourth-order valence-corrected chi connectivity index (χ4v) is 2.26. The van der Waals surface area contributed by atoms with Crippen molar-refractivity contribution < 1.29 is 18.3 Å². The molecule has 3 rings (SSSR count). The molecular weight excluding hydrogens is 285 g/mol. The van der Waals surface area contributed by atoms with Gasteiger partial charge in [-0.25, -0.2) is 4.79 Å². The molecule has 0 aliphatic rings. The Bertz CT molecular complexity index is 878. The molecular formula is C14H9F3N2O2. The second-order valence-electron chi connectivity index (χ2n) is 4.45. The third-order valence-corrected chi connectivity index (χ3v) is 3.15. The minimum atomic E-state index is -4.58. The number of phenolic OH excluding ortho intramolecular Hbond substituents is 1. The number of phenols is 1. The molecule has 0 spiro atoms. The van der Waals surface area contributed by atoms with Crippen molar-refractivity contribution in [3.05, 3.63) is 58.5 Å². The number of hydrogen-bond acceptors (Lipinski definition) is 2. The molecule has 1 heterocycles. The maximum atomic E-state index is 13.0. The molecule has 0 amide bonds. The van der Waals surface area contributed by atoms with Crippen LogP contribution in [-0.4, -0.2) is 14.7 Å². The van der Waals surface area contributed by atoms with E-state index in [2.05, 4.69) is 4.98 Å². The first kappa shape index (κ1) is 13.3. The van der Waals surface area contributed by atoms with Gasteiger partial charge in [0, 0.05) is 0 Å². The Morgan fingerprint density at radius 2 is 1.76 bits per heavy atom. The predicted octanol–water partition coefficient (Wildman–Crippen LogP) is 3.04. The van der Waals surface area contributed by atoms with Crippen molar-refractivity contribution in [3.63, 3.8) is 0 Å². The molecule has 0 fully saturated rings. The minimum Gasteiger partial charge on any atom is -0.506 e. The fourth-order valence-electron chi connectivity index (χ4n) is 2.26. The third-order valence-electron chi connectivity index (χ3n) is 3.15. The Morgan fingerprint density at radius 1 is 1.05 bits per heavy atom. The highest BCUT2D eigenvalue weighted by Gasteiger charge is 2.34. The number of nitrogens with one attached hydrogen (secondary N) is 1. The normalized spacial score (nSPS) is 12.0. The number of hydrogen-bond donors (Lipinski definition) is 2. The zero-order chi connectivity index (χ0) is 15.2. The monoisotopic (exact) mass is 294 g/mol. The van der Waals surface area contributed by atoms with Crippen molar-refractivity contribution in [2.75, 3.05) is 0 Å². The lowest BCUT2D eigenvalue weighted by molar-refractivity contribution is -0.136. The van der Waals surface area contributed by atoms with Gasteiger partial charge < -0.3 is 10.1 Å².